The summed E-state index contributed by atoms with van der Waals surface area (Å²) in [5.74, 6) is 0. The maximum absolute atomic E-state index is 12.6. The molecule has 6 heteroatoms. The first kappa shape index (κ1) is 16.6. The largest absolute Gasteiger partial charge is 0.416 e. The van der Waals surface area contributed by atoms with Crippen LogP contribution in [0.5, 0.6) is 0 Å². The standard InChI is InChI=1S/C17H15F3N2O/c1-12-4-2-5-13(10-12)8-9-21-16(23)22-15-7-3-6-14(11-15)17(18,19)20/h2-11H,1H3,(H2,21,22,23)/b9-8+. The molecular weight excluding hydrogens is 305 g/mol. The first-order valence-electron chi connectivity index (χ1n) is 6.82. The van der Waals surface area contributed by atoms with Gasteiger partial charge in [0.15, 0.2) is 0 Å². The third-order valence-electron chi connectivity index (χ3n) is 2.98. The van der Waals surface area contributed by atoms with Crippen LogP contribution in [0.25, 0.3) is 6.08 Å². The van der Waals surface area contributed by atoms with Crippen LogP contribution in [-0.2, 0) is 6.18 Å². The Morgan fingerprint density at radius 2 is 1.83 bits per heavy atom. The van der Waals surface area contributed by atoms with Crippen LogP contribution in [0, 0.1) is 6.92 Å². The molecule has 0 aromatic heterocycles. The Morgan fingerprint density at radius 3 is 2.52 bits per heavy atom. The van der Waals surface area contributed by atoms with E-state index in [0.717, 1.165) is 23.3 Å². The Morgan fingerprint density at radius 1 is 1.09 bits per heavy atom. The quantitative estimate of drug-likeness (QED) is 0.837. The summed E-state index contributed by atoms with van der Waals surface area (Å²) in [7, 11) is 0. The van der Waals surface area contributed by atoms with E-state index in [4.69, 9.17) is 0 Å². The molecule has 23 heavy (non-hydrogen) atoms. The minimum atomic E-state index is -4.45. The topological polar surface area (TPSA) is 41.1 Å². The van der Waals surface area contributed by atoms with Gasteiger partial charge in [0.1, 0.15) is 0 Å². The van der Waals surface area contributed by atoms with Crippen LogP contribution in [0.4, 0.5) is 23.7 Å². The van der Waals surface area contributed by atoms with Crippen molar-refractivity contribution >= 4 is 17.8 Å². The highest BCUT2D eigenvalue weighted by Gasteiger charge is 2.30. The molecule has 0 aliphatic heterocycles. The molecule has 0 bridgehead atoms. The second-order valence-corrected chi connectivity index (χ2v) is 4.92. The second kappa shape index (κ2) is 7.00. The van der Waals surface area contributed by atoms with Gasteiger partial charge in [-0.2, -0.15) is 13.2 Å². The molecule has 0 spiro atoms. The van der Waals surface area contributed by atoms with Crippen LogP contribution in [0.3, 0.4) is 0 Å². The minimum Gasteiger partial charge on any atom is -0.314 e. The van der Waals surface area contributed by atoms with Crippen LogP contribution >= 0.6 is 0 Å². The van der Waals surface area contributed by atoms with Crippen molar-refractivity contribution in [2.24, 2.45) is 0 Å². The van der Waals surface area contributed by atoms with Gasteiger partial charge in [0, 0.05) is 11.9 Å². The summed E-state index contributed by atoms with van der Waals surface area (Å²) in [4.78, 5) is 11.7. The summed E-state index contributed by atoms with van der Waals surface area (Å²) in [6.45, 7) is 1.95. The Labute approximate surface area is 131 Å². The summed E-state index contributed by atoms with van der Waals surface area (Å²) < 4.78 is 37.8. The van der Waals surface area contributed by atoms with Crippen molar-refractivity contribution in [3.8, 4) is 0 Å². The van der Waals surface area contributed by atoms with E-state index in [1.54, 1.807) is 6.08 Å². The average Bonchev–Trinajstić information content (AvgIpc) is 2.46. The van der Waals surface area contributed by atoms with Gasteiger partial charge in [-0.25, -0.2) is 4.79 Å². The number of anilines is 1. The Balaban J connectivity index is 1.95. The van der Waals surface area contributed by atoms with Crippen molar-refractivity contribution in [3.63, 3.8) is 0 Å². The monoisotopic (exact) mass is 320 g/mol. The van der Waals surface area contributed by atoms with Crippen LogP contribution < -0.4 is 10.6 Å². The first-order valence-corrected chi connectivity index (χ1v) is 6.82. The number of nitrogens with one attached hydrogen (secondary N) is 2. The summed E-state index contributed by atoms with van der Waals surface area (Å²) in [6, 6.07) is 11.5. The molecule has 120 valence electrons. The van der Waals surface area contributed by atoms with E-state index in [0.29, 0.717) is 0 Å². The molecule has 0 saturated heterocycles. The maximum atomic E-state index is 12.6. The number of hydrogen-bond acceptors (Lipinski definition) is 1. The molecule has 0 saturated carbocycles. The zero-order valence-electron chi connectivity index (χ0n) is 12.3. The van der Waals surface area contributed by atoms with Gasteiger partial charge in [0.2, 0.25) is 0 Å². The number of benzene rings is 2. The van der Waals surface area contributed by atoms with Gasteiger partial charge in [-0.15, -0.1) is 0 Å². The van der Waals surface area contributed by atoms with Gasteiger partial charge in [0.05, 0.1) is 5.56 Å². The summed E-state index contributed by atoms with van der Waals surface area (Å²) in [6.07, 6.45) is -1.32. The van der Waals surface area contributed by atoms with Crippen LogP contribution in [-0.4, -0.2) is 6.03 Å². The van der Waals surface area contributed by atoms with E-state index in [9.17, 15) is 18.0 Å². The van der Waals surface area contributed by atoms with Crippen molar-refractivity contribution in [3.05, 3.63) is 71.4 Å². The zero-order chi connectivity index (χ0) is 16.9. The number of rotatable bonds is 3. The first-order chi connectivity index (χ1) is 10.8. The van der Waals surface area contributed by atoms with Crippen molar-refractivity contribution < 1.29 is 18.0 Å². The van der Waals surface area contributed by atoms with E-state index < -0.39 is 17.8 Å². The fourth-order valence-electron chi connectivity index (χ4n) is 1.93. The average molecular weight is 320 g/mol. The minimum absolute atomic E-state index is 0.0706. The molecule has 2 aromatic carbocycles. The fourth-order valence-corrected chi connectivity index (χ4v) is 1.93. The molecule has 0 unspecified atom stereocenters. The van der Waals surface area contributed by atoms with Gasteiger partial charge in [-0.3, -0.25) is 0 Å². The number of hydrogen-bond donors (Lipinski definition) is 2. The number of amides is 2. The molecule has 2 N–H and O–H groups in total. The van der Waals surface area contributed by atoms with Crippen LogP contribution in [0.2, 0.25) is 0 Å². The number of halogens is 3. The van der Waals surface area contributed by atoms with E-state index in [1.165, 1.54) is 18.3 Å². The van der Waals surface area contributed by atoms with Gasteiger partial charge < -0.3 is 10.6 Å². The van der Waals surface area contributed by atoms with Gasteiger partial charge >= 0.3 is 12.2 Å². The molecule has 0 heterocycles. The highest BCUT2D eigenvalue weighted by atomic mass is 19.4. The highest BCUT2D eigenvalue weighted by molar-refractivity contribution is 5.90. The normalized spacial score (nSPS) is 11.5. The number of urea groups is 1. The van der Waals surface area contributed by atoms with E-state index in [2.05, 4.69) is 10.6 Å². The molecule has 3 nitrogen and oxygen atoms in total. The Bertz CT molecular complexity index is 724. The van der Waals surface area contributed by atoms with E-state index >= 15 is 0 Å². The molecular formula is C17H15F3N2O. The van der Waals surface area contributed by atoms with Crippen molar-refractivity contribution in [2.75, 3.05) is 5.32 Å². The van der Waals surface area contributed by atoms with Gasteiger partial charge in [0.25, 0.3) is 0 Å². The third-order valence-corrected chi connectivity index (χ3v) is 2.98. The van der Waals surface area contributed by atoms with Gasteiger partial charge in [-0.1, -0.05) is 35.9 Å². The summed E-state index contributed by atoms with van der Waals surface area (Å²) in [5.41, 5.74) is 1.25. The number of aryl methyl sites for hydroxylation is 1. The Hall–Kier alpha value is -2.76. The molecule has 2 amide bonds. The van der Waals surface area contributed by atoms with Gasteiger partial charge in [-0.05, 0) is 36.8 Å². The molecule has 0 aliphatic carbocycles. The third kappa shape index (κ3) is 5.18. The molecule has 0 fully saturated rings. The Kier molecular flexibility index (Phi) is 5.05. The molecule has 2 aromatic rings. The van der Waals surface area contributed by atoms with Crippen LogP contribution in [0.1, 0.15) is 16.7 Å². The van der Waals surface area contributed by atoms with Crippen molar-refractivity contribution in [1.29, 1.82) is 0 Å². The molecule has 0 aliphatic rings. The smallest absolute Gasteiger partial charge is 0.314 e. The number of alkyl halides is 3. The molecule has 0 atom stereocenters. The van der Waals surface area contributed by atoms with Crippen LogP contribution in [0.15, 0.2) is 54.7 Å². The highest BCUT2D eigenvalue weighted by Crippen LogP contribution is 2.30. The fraction of sp³-hybridized carbons (Fsp3) is 0.118. The molecule has 2 rings (SSSR count). The lowest BCUT2D eigenvalue weighted by molar-refractivity contribution is -0.137. The maximum Gasteiger partial charge on any atom is 0.416 e. The van der Waals surface area contributed by atoms with E-state index in [1.807, 2.05) is 31.2 Å². The predicted octanol–water partition coefficient (Wildman–Crippen LogP) is 4.81. The lowest BCUT2D eigenvalue weighted by atomic mass is 10.1. The number of carbonyl (C=O) groups is 1. The number of carbonyl (C=O) groups excluding carboxylic acids is 1. The molecule has 0 radical (unpaired) electrons. The van der Waals surface area contributed by atoms with E-state index in [-0.39, 0.29) is 5.69 Å². The summed E-state index contributed by atoms with van der Waals surface area (Å²) in [5, 5.41) is 4.80. The lowest BCUT2D eigenvalue weighted by Crippen LogP contribution is -2.23. The zero-order valence-corrected chi connectivity index (χ0v) is 12.3. The second-order valence-electron chi connectivity index (χ2n) is 4.92. The van der Waals surface area contributed by atoms with Crippen molar-refractivity contribution in [2.45, 2.75) is 13.1 Å². The van der Waals surface area contributed by atoms with Crippen molar-refractivity contribution in [1.82, 2.24) is 5.32 Å². The SMILES string of the molecule is Cc1cccc(/C=C/NC(=O)Nc2cccc(C(F)(F)F)c2)c1. The summed E-state index contributed by atoms with van der Waals surface area (Å²) >= 11 is 0. The lowest BCUT2D eigenvalue weighted by Gasteiger charge is -2.09. The predicted molar refractivity (Wildman–Crippen MR) is 83.8 cm³/mol.